The van der Waals surface area contributed by atoms with Crippen molar-refractivity contribution in [3.8, 4) is 0 Å². The molecule has 16 heavy (non-hydrogen) atoms. The van der Waals surface area contributed by atoms with Crippen molar-refractivity contribution in [2.45, 2.75) is 31.7 Å². The molecule has 1 aliphatic carbocycles. The van der Waals surface area contributed by atoms with E-state index >= 15 is 0 Å². The number of carbonyl (C=O) groups is 1. The normalized spacial score (nSPS) is 17.5. The number of ether oxygens (including phenoxy) is 1. The largest absolute Gasteiger partial charge is 0.468 e. The van der Waals surface area contributed by atoms with E-state index in [-0.39, 0.29) is 12.0 Å². The Balaban J connectivity index is 2.11. The fourth-order valence-corrected chi connectivity index (χ4v) is 1.81. The standard InChI is InChI=1S/C12H24N2O2/c1-14(2)9-5-4-8-13-11(10-6-7-10)12(15)16-3/h10-11,13H,4-9H2,1-3H3. The number of rotatable bonds is 8. The molecule has 94 valence electrons. The molecule has 1 fully saturated rings. The summed E-state index contributed by atoms with van der Waals surface area (Å²) in [7, 11) is 5.62. The van der Waals surface area contributed by atoms with Gasteiger partial charge in [-0.15, -0.1) is 0 Å². The van der Waals surface area contributed by atoms with Crippen LogP contribution < -0.4 is 5.32 Å². The quantitative estimate of drug-likeness (QED) is 0.494. The van der Waals surface area contributed by atoms with Gasteiger partial charge in [-0.3, -0.25) is 4.79 Å². The molecule has 1 rings (SSSR count). The number of esters is 1. The molecule has 0 aromatic carbocycles. The summed E-state index contributed by atoms with van der Waals surface area (Å²) in [5.74, 6) is 0.413. The summed E-state index contributed by atoms with van der Waals surface area (Å²) in [6.07, 6.45) is 4.59. The van der Waals surface area contributed by atoms with Gasteiger partial charge in [0.05, 0.1) is 7.11 Å². The molecule has 1 saturated carbocycles. The number of nitrogens with one attached hydrogen (secondary N) is 1. The first kappa shape index (κ1) is 13.5. The van der Waals surface area contributed by atoms with Gasteiger partial charge in [-0.1, -0.05) is 0 Å². The van der Waals surface area contributed by atoms with E-state index in [0.29, 0.717) is 5.92 Å². The van der Waals surface area contributed by atoms with Gasteiger partial charge in [-0.2, -0.15) is 0 Å². The second-order valence-corrected chi connectivity index (χ2v) is 4.80. The second-order valence-electron chi connectivity index (χ2n) is 4.80. The van der Waals surface area contributed by atoms with Crippen molar-refractivity contribution in [3.05, 3.63) is 0 Å². The van der Waals surface area contributed by atoms with Crippen molar-refractivity contribution in [2.75, 3.05) is 34.3 Å². The summed E-state index contributed by atoms with van der Waals surface area (Å²) in [5.41, 5.74) is 0. The lowest BCUT2D eigenvalue weighted by Crippen LogP contribution is -2.40. The predicted octanol–water partition coefficient (Wildman–Crippen LogP) is 0.869. The third-order valence-electron chi connectivity index (χ3n) is 2.94. The van der Waals surface area contributed by atoms with Crippen molar-refractivity contribution in [1.82, 2.24) is 10.2 Å². The van der Waals surface area contributed by atoms with Gasteiger partial charge >= 0.3 is 5.97 Å². The summed E-state index contributed by atoms with van der Waals surface area (Å²) < 4.78 is 4.80. The Hall–Kier alpha value is -0.610. The zero-order valence-corrected chi connectivity index (χ0v) is 10.7. The molecule has 1 N–H and O–H groups in total. The Morgan fingerprint density at radius 1 is 1.44 bits per heavy atom. The minimum atomic E-state index is -0.102. The van der Waals surface area contributed by atoms with Crippen LogP contribution in [0.2, 0.25) is 0 Å². The first-order valence-electron chi connectivity index (χ1n) is 6.11. The molecule has 0 aliphatic heterocycles. The topological polar surface area (TPSA) is 41.6 Å². The van der Waals surface area contributed by atoms with Crippen molar-refractivity contribution < 1.29 is 9.53 Å². The Labute approximate surface area is 98.3 Å². The number of hydrogen-bond donors (Lipinski definition) is 1. The van der Waals surface area contributed by atoms with Crippen LogP contribution >= 0.6 is 0 Å². The molecule has 1 atom stereocenters. The first-order chi connectivity index (χ1) is 7.65. The molecule has 0 radical (unpaired) electrons. The molecule has 0 bridgehead atoms. The molecule has 4 nitrogen and oxygen atoms in total. The summed E-state index contributed by atoms with van der Waals surface area (Å²) in [4.78, 5) is 13.7. The van der Waals surface area contributed by atoms with Crippen LogP contribution in [0, 0.1) is 5.92 Å². The van der Waals surface area contributed by atoms with Crippen LogP contribution in [0.15, 0.2) is 0 Å². The van der Waals surface area contributed by atoms with E-state index in [1.165, 1.54) is 13.5 Å². The van der Waals surface area contributed by atoms with Gasteiger partial charge < -0.3 is 15.0 Å². The SMILES string of the molecule is COC(=O)C(NCCCCN(C)C)C1CC1. The first-order valence-corrected chi connectivity index (χ1v) is 6.11. The third kappa shape index (κ3) is 4.94. The summed E-state index contributed by atoms with van der Waals surface area (Å²) in [5, 5.41) is 3.31. The monoisotopic (exact) mass is 228 g/mol. The maximum Gasteiger partial charge on any atom is 0.323 e. The zero-order chi connectivity index (χ0) is 12.0. The minimum absolute atomic E-state index is 0.0654. The van der Waals surface area contributed by atoms with Crippen molar-refractivity contribution >= 4 is 5.97 Å². The van der Waals surface area contributed by atoms with Crippen molar-refractivity contribution in [3.63, 3.8) is 0 Å². The number of methoxy groups -OCH3 is 1. The summed E-state index contributed by atoms with van der Waals surface area (Å²) in [6.45, 7) is 2.01. The fourth-order valence-electron chi connectivity index (χ4n) is 1.81. The van der Waals surface area contributed by atoms with Gasteiger partial charge in [-0.25, -0.2) is 0 Å². The van der Waals surface area contributed by atoms with Gasteiger partial charge in [0.25, 0.3) is 0 Å². The van der Waals surface area contributed by atoms with Crippen LogP contribution in [0.25, 0.3) is 0 Å². The van der Waals surface area contributed by atoms with E-state index in [1.807, 2.05) is 0 Å². The van der Waals surface area contributed by atoms with E-state index in [9.17, 15) is 4.79 Å². The zero-order valence-electron chi connectivity index (χ0n) is 10.7. The number of nitrogens with zero attached hydrogens (tertiary/aromatic N) is 1. The van der Waals surface area contributed by atoms with Crippen molar-refractivity contribution in [1.29, 1.82) is 0 Å². The van der Waals surface area contributed by atoms with Gasteiger partial charge in [0.1, 0.15) is 6.04 Å². The Morgan fingerprint density at radius 2 is 2.12 bits per heavy atom. The number of unbranched alkanes of at least 4 members (excludes halogenated alkanes) is 1. The molecule has 1 unspecified atom stereocenters. The van der Waals surface area contributed by atoms with Gasteiger partial charge in [0, 0.05) is 0 Å². The highest BCUT2D eigenvalue weighted by atomic mass is 16.5. The summed E-state index contributed by atoms with van der Waals surface area (Å²) in [6, 6.07) is -0.0654. The second kappa shape index (κ2) is 6.86. The Bertz CT molecular complexity index is 215. The molecule has 4 heteroatoms. The van der Waals surface area contributed by atoms with Gasteiger partial charge in [0.15, 0.2) is 0 Å². The van der Waals surface area contributed by atoms with Crippen LogP contribution in [0.5, 0.6) is 0 Å². The average Bonchev–Trinajstić information content (AvgIpc) is 3.05. The van der Waals surface area contributed by atoms with Gasteiger partial charge in [-0.05, 0) is 58.8 Å². The maximum absolute atomic E-state index is 11.5. The van der Waals surface area contributed by atoms with Crippen LogP contribution in [0.1, 0.15) is 25.7 Å². The average molecular weight is 228 g/mol. The predicted molar refractivity (Wildman–Crippen MR) is 64.3 cm³/mol. The number of hydrogen-bond acceptors (Lipinski definition) is 4. The maximum atomic E-state index is 11.5. The third-order valence-corrected chi connectivity index (χ3v) is 2.94. The highest BCUT2D eigenvalue weighted by molar-refractivity contribution is 5.76. The highest BCUT2D eigenvalue weighted by Crippen LogP contribution is 2.33. The Kier molecular flexibility index (Phi) is 5.77. The van der Waals surface area contributed by atoms with Crippen molar-refractivity contribution in [2.24, 2.45) is 5.92 Å². The van der Waals surface area contributed by atoms with Crippen LogP contribution in [-0.4, -0.2) is 51.2 Å². The summed E-state index contributed by atoms with van der Waals surface area (Å²) >= 11 is 0. The van der Waals surface area contributed by atoms with Gasteiger partial charge in [0.2, 0.25) is 0 Å². The number of carbonyl (C=O) groups excluding carboxylic acids is 1. The molecular formula is C12H24N2O2. The molecule has 0 heterocycles. The highest BCUT2D eigenvalue weighted by Gasteiger charge is 2.36. The molecule has 0 amide bonds. The minimum Gasteiger partial charge on any atom is -0.468 e. The molecule has 1 aliphatic rings. The molecule has 0 saturated heterocycles. The van der Waals surface area contributed by atoms with E-state index in [4.69, 9.17) is 4.74 Å². The van der Waals surface area contributed by atoms with E-state index in [0.717, 1.165) is 32.4 Å². The lowest BCUT2D eigenvalue weighted by molar-refractivity contribution is -0.143. The van der Waals surface area contributed by atoms with Crippen LogP contribution in [0.3, 0.4) is 0 Å². The molecule has 0 aromatic rings. The smallest absolute Gasteiger partial charge is 0.323 e. The van der Waals surface area contributed by atoms with Crippen LogP contribution in [-0.2, 0) is 9.53 Å². The lowest BCUT2D eigenvalue weighted by Gasteiger charge is -2.16. The molecule has 0 spiro atoms. The molecular weight excluding hydrogens is 204 g/mol. The lowest BCUT2D eigenvalue weighted by atomic mass is 10.2. The Morgan fingerprint density at radius 3 is 2.62 bits per heavy atom. The van der Waals surface area contributed by atoms with E-state index in [2.05, 4.69) is 24.3 Å². The van der Waals surface area contributed by atoms with E-state index < -0.39 is 0 Å². The van der Waals surface area contributed by atoms with E-state index in [1.54, 1.807) is 0 Å². The van der Waals surface area contributed by atoms with Crippen LogP contribution in [0.4, 0.5) is 0 Å². The molecule has 0 aromatic heterocycles. The fraction of sp³-hybridized carbons (Fsp3) is 0.917.